The van der Waals surface area contributed by atoms with Crippen LogP contribution in [0.1, 0.15) is 11.1 Å². The first-order valence-electron chi connectivity index (χ1n) is 9.83. The predicted octanol–water partition coefficient (Wildman–Crippen LogP) is 5.16. The van der Waals surface area contributed by atoms with Crippen LogP contribution in [0, 0.1) is 13.8 Å². The van der Waals surface area contributed by atoms with Gasteiger partial charge in [0.1, 0.15) is 0 Å². The molecular formula is C24H26N4O2. The largest absolute Gasteiger partial charge is 0.336 e. The molecule has 0 atom stereocenters. The predicted molar refractivity (Wildman–Crippen MR) is 122 cm³/mol. The Morgan fingerprint density at radius 1 is 0.767 bits per heavy atom. The summed E-state index contributed by atoms with van der Waals surface area (Å²) in [6.45, 7) is 4.56. The Hall–Kier alpha value is -3.80. The molecule has 6 nitrogen and oxygen atoms in total. The first kappa shape index (κ1) is 20.9. The lowest BCUT2D eigenvalue weighted by atomic mass is 10.2. The summed E-state index contributed by atoms with van der Waals surface area (Å²) in [4.78, 5) is 26.7. The molecule has 0 fully saturated rings. The van der Waals surface area contributed by atoms with E-state index in [-0.39, 0.29) is 12.1 Å². The van der Waals surface area contributed by atoms with E-state index < -0.39 is 0 Å². The summed E-state index contributed by atoms with van der Waals surface area (Å²) in [5.74, 6) is 0. The maximum atomic E-state index is 12.9. The van der Waals surface area contributed by atoms with E-state index in [4.69, 9.17) is 0 Å². The molecule has 0 unspecified atom stereocenters. The average molecular weight is 402 g/mol. The summed E-state index contributed by atoms with van der Waals surface area (Å²) in [5.41, 5.74) is 4.34. The van der Waals surface area contributed by atoms with Crippen molar-refractivity contribution >= 4 is 29.1 Å². The zero-order chi connectivity index (χ0) is 21.3. The molecule has 154 valence electrons. The number of urea groups is 2. The fraction of sp³-hybridized carbons (Fsp3) is 0.167. The van der Waals surface area contributed by atoms with E-state index in [9.17, 15) is 9.59 Å². The van der Waals surface area contributed by atoms with Crippen molar-refractivity contribution in [2.24, 2.45) is 0 Å². The van der Waals surface area contributed by atoms with Crippen LogP contribution < -0.4 is 20.9 Å². The Morgan fingerprint density at radius 2 is 1.37 bits per heavy atom. The van der Waals surface area contributed by atoms with Gasteiger partial charge in [-0.05, 0) is 61.4 Å². The number of benzene rings is 3. The van der Waals surface area contributed by atoms with E-state index in [2.05, 4.69) is 16.0 Å². The Balaban J connectivity index is 1.61. The molecule has 0 aromatic heterocycles. The van der Waals surface area contributed by atoms with Gasteiger partial charge in [-0.1, -0.05) is 42.5 Å². The van der Waals surface area contributed by atoms with Crippen molar-refractivity contribution in [3.05, 3.63) is 90.0 Å². The molecule has 3 N–H and O–H groups in total. The van der Waals surface area contributed by atoms with Gasteiger partial charge in [-0.25, -0.2) is 9.59 Å². The summed E-state index contributed by atoms with van der Waals surface area (Å²) in [6, 6.07) is 24.0. The second-order valence-electron chi connectivity index (χ2n) is 7.04. The highest BCUT2D eigenvalue weighted by atomic mass is 16.2. The van der Waals surface area contributed by atoms with Gasteiger partial charge >= 0.3 is 12.1 Å². The van der Waals surface area contributed by atoms with Crippen LogP contribution in [0.3, 0.4) is 0 Å². The lowest BCUT2D eigenvalue weighted by molar-refractivity contribution is 0.250. The minimum Gasteiger partial charge on any atom is -0.336 e. The molecule has 0 saturated carbocycles. The summed E-state index contributed by atoms with van der Waals surface area (Å²) >= 11 is 0. The van der Waals surface area contributed by atoms with Crippen molar-refractivity contribution in [3.63, 3.8) is 0 Å². The van der Waals surface area contributed by atoms with E-state index in [0.717, 1.165) is 28.2 Å². The first-order chi connectivity index (χ1) is 14.5. The van der Waals surface area contributed by atoms with Gasteiger partial charge in [0.15, 0.2) is 0 Å². The second kappa shape index (κ2) is 10.1. The third-order valence-electron chi connectivity index (χ3n) is 4.48. The molecule has 30 heavy (non-hydrogen) atoms. The molecule has 0 aliphatic carbocycles. The first-order valence-corrected chi connectivity index (χ1v) is 9.83. The second-order valence-corrected chi connectivity index (χ2v) is 7.04. The summed E-state index contributed by atoms with van der Waals surface area (Å²) in [7, 11) is 0. The van der Waals surface area contributed by atoms with Crippen molar-refractivity contribution in [3.8, 4) is 0 Å². The van der Waals surface area contributed by atoms with E-state index in [0.29, 0.717) is 13.1 Å². The molecule has 0 radical (unpaired) electrons. The van der Waals surface area contributed by atoms with Crippen molar-refractivity contribution in [1.29, 1.82) is 0 Å². The number of anilines is 3. The fourth-order valence-electron chi connectivity index (χ4n) is 3.05. The van der Waals surface area contributed by atoms with Crippen molar-refractivity contribution in [2.45, 2.75) is 13.8 Å². The van der Waals surface area contributed by atoms with E-state index in [1.54, 1.807) is 4.90 Å². The number of para-hydroxylation sites is 1. The minimum atomic E-state index is -0.312. The summed E-state index contributed by atoms with van der Waals surface area (Å²) < 4.78 is 0. The van der Waals surface area contributed by atoms with Gasteiger partial charge in [-0.3, -0.25) is 4.90 Å². The van der Waals surface area contributed by atoms with Crippen LogP contribution in [-0.2, 0) is 0 Å². The van der Waals surface area contributed by atoms with Crippen molar-refractivity contribution in [2.75, 3.05) is 28.6 Å². The van der Waals surface area contributed by atoms with Crippen LogP contribution in [0.15, 0.2) is 78.9 Å². The Labute approximate surface area is 176 Å². The Bertz CT molecular complexity index is 1000. The number of hydrogen-bond acceptors (Lipinski definition) is 2. The molecule has 3 rings (SSSR count). The Morgan fingerprint density at radius 3 is 1.97 bits per heavy atom. The van der Waals surface area contributed by atoms with Gasteiger partial charge in [0.2, 0.25) is 0 Å². The van der Waals surface area contributed by atoms with Gasteiger partial charge in [-0.15, -0.1) is 0 Å². The van der Waals surface area contributed by atoms with E-state index in [1.807, 2.05) is 92.7 Å². The van der Waals surface area contributed by atoms with Crippen LogP contribution in [0.25, 0.3) is 0 Å². The minimum absolute atomic E-state index is 0.257. The molecule has 0 bridgehead atoms. The van der Waals surface area contributed by atoms with Gasteiger partial charge in [-0.2, -0.15) is 0 Å². The number of amides is 4. The van der Waals surface area contributed by atoms with E-state index >= 15 is 0 Å². The number of aryl methyl sites for hydroxylation is 2. The molecule has 6 heteroatoms. The molecule has 0 spiro atoms. The molecule has 0 aliphatic rings. The topological polar surface area (TPSA) is 73.5 Å². The van der Waals surface area contributed by atoms with Crippen LogP contribution in [-0.4, -0.2) is 25.2 Å². The molecule has 0 heterocycles. The lowest BCUT2D eigenvalue weighted by Crippen LogP contribution is -2.42. The maximum absolute atomic E-state index is 12.9. The van der Waals surface area contributed by atoms with Crippen LogP contribution in [0.2, 0.25) is 0 Å². The number of carbonyl (C=O) groups is 2. The van der Waals surface area contributed by atoms with Crippen molar-refractivity contribution < 1.29 is 9.59 Å². The Kier molecular flexibility index (Phi) is 7.05. The highest BCUT2D eigenvalue weighted by Crippen LogP contribution is 2.16. The smallest absolute Gasteiger partial charge is 0.326 e. The molecule has 4 amide bonds. The highest BCUT2D eigenvalue weighted by molar-refractivity contribution is 6.01. The summed E-state index contributed by atoms with van der Waals surface area (Å²) in [6.07, 6.45) is 0. The number of nitrogens with one attached hydrogen (secondary N) is 3. The average Bonchev–Trinajstić information content (AvgIpc) is 2.72. The van der Waals surface area contributed by atoms with Crippen LogP contribution in [0.5, 0.6) is 0 Å². The molecule has 3 aromatic rings. The standard InChI is InChI=1S/C24H26N4O2/c1-18-8-6-10-20(16-18)26-23(29)25-14-15-28(22-12-4-3-5-13-22)24(30)27-21-11-7-9-19(2)17-21/h3-13,16-17H,14-15H2,1-2H3,(H,27,30)(H2,25,26,29). The van der Waals surface area contributed by atoms with Crippen LogP contribution in [0.4, 0.5) is 26.7 Å². The lowest BCUT2D eigenvalue weighted by Gasteiger charge is -2.23. The molecule has 0 saturated heterocycles. The SMILES string of the molecule is Cc1cccc(NC(=O)NCCN(C(=O)Nc2cccc(C)c2)c2ccccc2)c1. The van der Waals surface area contributed by atoms with Gasteiger partial charge in [0.05, 0.1) is 0 Å². The number of nitrogens with zero attached hydrogens (tertiary/aromatic N) is 1. The van der Waals surface area contributed by atoms with Gasteiger partial charge in [0, 0.05) is 30.2 Å². The van der Waals surface area contributed by atoms with Crippen molar-refractivity contribution in [1.82, 2.24) is 5.32 Å². The zero-order valence-electron chi connectivity index (χ0n) is 17.2. The zero-order valence-corrected chi connectivity index (χ0v) is 17.2. The third kappa shape index (κ3) is 6.10. The number of rotatable bonds is 6. The monoisotopic (exact) mass is 402 g/mol. The van der Waals surface area contributed by atoms with Crippen LogP contribution >= 0.6 is 0 Å². The van der Waals surface area contributed by atoms with Gasteiger partial charge < -0.3 is 16.0 Å². The normalized spacial score (nSPS) is 10.2. The third-order valence-corrected chi connectivity index (χ3v) is 4.48. The maximum Gasteiger partial charge on any atom is 0.326 e. The molecule has 3 aromatic carbocycles. The number of hydrogen-bond donors (Lipinski definition) is 3. The molecule has 0 aliphatic heterocycles. The van der Waals surface area contributed by atoms with E-state index in [1.165, 1.54) is 0 Å². The molecular weight excluding hydrogens is 376 g/mol. The van der Waals surface area contributed by atoms with Gasteiger partial charge in [0.25, 0.3) is 0 Å². The summed E-state index contributed by atoms with van der Waals surface area (Å²) in [5, 5.41) is 8.53. The number of carbonyl (C=O) groups excluding carboxylic acids is 2. The fourth-order valence-corrected chi connectivity index (χ4v) is 3.05. The highest BCUT2D eigenvalue weighted by Gasteiger charge is 2.16. The quantitative estimate of drug-likeness (QED) is 0.533.